The molecule has 0 radical (unpaired) electrons. The van der Waals surface area contributed by atoms with Crippen LogP contribution in [0, 0.1) is 11.3 Å². The van der Waals surface area contributed by atoms with Gasteiger partial charge in [0.2, 0.25) is 0 Å². The Balaban J connectivity index is 2.88. The van der Waals surface area contributed by atoms with Crippen LogP contribution >= 0.6 is 0 Å². The van der Waals surface area contributed by atoms with Gasteiger partial charge in [0.25, 0.3) is 0 Å². The fourth-order valence-corrected chi connectivity index (χ4v) is 1.29. The van der Waals surface area contributed by atoms with Crippen LogP contribution < -0.4 is 5.32 Å². The van der Waals surface area contributed by atoms with Crippen LogP contribution in [0.5, 0.6) is 0 Å². The van der Waals surface area contributed by atoms with Crippen molar-refractivity contribution in [2.75, 3.05) is 11.9 Å². The summed E-state index contributed by atoms with van der Waals surface area (Å²) in [7, 11) is 0. The molecule has 0 saturated carbocycles. The van der Waals surface area contributed by atoms with Gasteiger partial charge in [-0.2, -0.15) is 5.26 Å². The minimum Gasteiger partial charge on any atom is -0.462 e. The lowest BCUT2D eigenvalue weighted by Gasteiger charge is -2.08. The van der Waals surface area contributed by atoms with Crippen LogP contribution in [-0.4, -0.2) is 12.6 Å². The number of esters is 1. The van der Waals surface area contributed by atoms with Crippen LogP contribution in [-0.2, 0) is 9.53 Å². The van der Waals surface area contributed by atoms with Gasteiger partial charge < -0.3 is 10.1 Å². The molecule has 1 N–H and O–H groups in total. The zero-order valence-electron chi connectivity index (χ0n) is 9.86. The van der Waals surface area contributed by atoms with Gasteiger partial charge in [-0.05, 0) is 26.0 Å². The van der Waals surface area contributed by atoms with E-state index in [-0.39, 0.29) is 12.2 Å². The average molecular weight is 230 g/mol. The molecular weight excluding hydrogens is 216 g/mol. The molecule has 0 bridgehead atoms. The van der Waals surface area contributed by atoms with E-state index in [1.807, 2.05) is 36.4 Å². The maximum Gasteiger partial charge on any atom is 0.350 e. The predicted molar refractivity (Wildman–Crippen MR) is 65.0 cm³/mol. The summed E-state index contributed by atoms with van der Waals surface area (Å²) >= 11 is 0. The lowest BCUT2D eigenvalue weighted by molar-refractivity contribution is -0.138. The molecule has 1 rings (SSSR count). The van der Waals surface area contributed by atoms with Crippen molar-refractivity contribution in [2.24, 2.45) is 0 Å². The summed E-state index contributed by atoms with van der Waals surface area (Å²) in [5.41, 5.74) is 1.30. The molecule has 0 fully saturated rings. The van der Waals surface area contributed by atoms with Gasteiger partial charge in [-0.25, -0.2) is 4.79 Å². The molecule has 0 aliphatic heterocycles. The van der Waals surface area contributed by atoms with Gasteiger partial charge in [-0.1, -0.05) is 18.2 Å². The Labute approximate surface area is 101 Å². The molecule has 17 heavy (non-hydrogen) atoms. The molecule has 88 valence electrons. The molecule has 4 heteroatoms. The summed E-state index contributed by atoms with van der Waals surface area (Å²) in [6.45, 7) is 3.62. The number of rotatable bonds is 4. The topological polar surface area (TPSA) is 62.1 Å². The monoisotopic (exact) mass is 230 g/mol. The summed E-state index contributed by atoms with van der Waals surface area (Å²) in [5, 5.41) is 11.9. The van der Waals surface area contributed by atoms with E-state index in [1.165, 1.54) is 0 Å². The van der Waals surface area contributed by atoms with E-state index >= 15 is 0 Å². The van der Waals surface area contributed by atoms with Crippen LogP contribution in [0.3, 0.4) is 0 Å². The van der Waals surface area contributed by atoms with Crippen molar-refractivity contribution < 1.29 is 9.53 Å². The van der Waals surface area contributed by atoms with Crippen LogP contribution in [0.1, 0.15) is 13.8 Å². The Kier molecular flexibility index (Phi) is 4.77. The van der Waals surface area contributed by atoms with E-state index in [4.69, 9.17) is 10.00 Å². The Morgan fingerprint density at radius 3 is 2.59 bits per heavy atom. The van der Waals surface area contributed by atoms with Gasteiger partial charge in [-0.15, -0.1) is 0 Å². The van der Waals surface area contributed by atoms with Crippen molar-refractivity contribution in [1.82, 2.24) is 0 Å². The number of nitrogens with one attached hydrogen (secondary N) is 1. The predicted octanol–water partition coefficient (Wildman–Crippen LogP) is 2.46. The molecule has 1 aromatic carbocycles. The first-order valence-electron chi connectivity index (χ1n) is 5.29. The van der Waals surface area contributed by atoms with Gasteiger partial charge in [0, 0.05) is 11.4 Å². The number of allylic oxidation sites excluding steroid dienone is 1. The largest absolute Gasteiger partial charge is 0.462 e. The van der Waals surface area contributed by atoms with Gasteiger partial charge in [0.05, 0.1) is 6.61 Å². The number of anilines is 1. The summed E-state index contributed by atoms with van der Waals surface area (Å²) in [5.74, 6) is -0.601. The third-order valence-electron chi connectivity index (χ3n) is 2.07. The highest BCUT2D eigenvalue weighted by atomic mass is 16.5. The van der Waals surface area contributed by atoms with E-state index in [0.717, 1.165) is 5.69 Å². The molecule has 0 aromatic heterocycles. The van der Waals surface area contributed by atoms with Crippen molar-refractivity contribution in [3.8, 4) is 6.07 Å². The third kappa shape index (κ3) is 3.65. The molecule has 0 unspecified atom stereocenters. The molecule has 1 aromatic rings. The van der Waals surface area contributed by atoms with Crippen molar-refractivity contribution in [2.45, 2.75) is 13.8 Å². The number of ether oxygens (including phenoxy) is 1. The van der Waals surface area contributed by atoms with E-state index in [9.17, 15) is 4.79 Å². The van der Waals surface area contributed by atoms with Crippen molar-refractivity contribution >= 4 is 11.7 Å². The Bertz CT molecular complexity index is 458. The fraction of sp³-hybridized carbons (Fsp3) is 0.231. The Morgan fingerprint density at radius 2 is 2.06 bits per heavy atom. The molecule has 0 atom stereocenters. The lowest BCUT2D eigenvalue weighted by atomic mass is 10.2. The summed E-state index contributed by atoms with van der Waals surface area (Å²) < 4.78 is 4.79. The van der Waals surface area contributed by atoms with E-state index in [1.54, 1.807) is 13.8 Å². The lowest BCUT2D eigenvalue weighted by Crippen LogP contribution is -2.11. The Morgan fingerprint density at radius 1 is 1.41 bits per heavy atom. The normalized spacial score (nSPS) is 11.1. The summed E-state index contributed by atoms with van der Waals surface area (Å²) in [6.07, 6.45) is 0. The molecule has 0 aliphatic rings. The molecule has 0 amide bonds. The van der Waals surface area contributed by atoms with Crippen LogP contribution in [0.2, 0.25) is 0 Å². The highest BCUT2D eigenvalue weighted by molar-refractivity contribution is 5.94. The van der Waals surface area contributed by atoms with Gasteiger partial charge in [0.15, 0.2) is 5.57 Å². The molecule has 0 heterocycles. The first-order valence-corrected chi connectivity index (χ1v) is 5.29. The van der Waals surface area contributed by atoms with Gasteiger partial charge >= 0.3 is 5.97 Å². The number of carbonyl (C=O) groups is 1. The van der Waals surface area contributed by atoms with E-state index in [2.05, 4.69) is 5.32 Å². The van der Waals surface area contributed by atoms with Crippen molar-refractivity contribution in [3.63, 3.8) is 0 Å². The highest BCUT2D eigenvalue weighted by Crippen LogP contribution is 2.12. The maximum absolute atomic E-state index is 11.5. The van der Waals surface area contributed by atoms with Crippen molar-refractivity contribution in [1.29, 1.82) is 5.26 Å². The second-order valence-corrected chi connectivity index (χ2v) is 3.32. The van der Waals surface area contributed by atoms with Crippen LogP contribution in [0.25, 0.3) is 0 Å². The molecular formula is C13H14N2O2. The molecule has 0 spiro atoms. The minimum absolute atomic E-state index is 0.00398. The maximum atomic E-state index is 11.5. The first kappa shape index (κ1) is 12.8. The van der Waals surface area contributed by atoms with E-state index in [0.29, 0.717) is 5.70 Å². The van der Waals surface area contributed by atoms with Crippen LogP contribution in [0.4, 0.5) is 5.69 Å². The number of para-hydroxylation sites is 1. The highest BCUT2D eigenvalue weighted by Gasteiger charge is 2.13. The first-order chi connectivity index (χ1) is 8.19. The Hall–Kier alpha value is -2.28. The number of hydrogen-bond acceptors (Lipinski definition) is 4. The molecule has 4 nitrogen and oxygen atoms in total. The number of nitriles is 1. The summed E-state index contributed by atoms with van der Waals surface area (Å²) in [6, 6.07) is 11.2. The second kappa shape index (κ2) is 6.33. The standard InChI is InChI=1S/C13H14N2O2/c1-3-17-13(16)12(9-14)10(2)15-11-7-5-4-6-8-11/h4-8,15H,3H2,1-2H3/b12-10-. The molecule has 0 saturated heterocycles. The fourth-order valence-electron chi connectivity index (χ4n) is 1.29. The number of nitrogens with zero attached hydrogens (tertiary/aromatic N) is 1. The van der Waals surface area contributed by atoms with Crippen LogP contribution in [0.15, 0.2) is 41.6 Å². The number of hydrogen-bond donors (Lipinski definition) is 1. The quantitative estimate of drug-likeness (QED) is 0.490. The molecule has 0 aliphatic carbocycles. The SMILES string of the molecule is CCOC(=O)/C(C#N)=C(/C)Nc1ccccc1. The smallest absolute Gasteiger partial charge is 0.350 e. The average Bonchev–Trinajstić information content (AvgIpc) is 2.31. The van der Waals surface area contributed by atoms with Gasteiger partial charge in [0.1, 0.15) is 6.07 Å². The number of carbonyl (C=O) groups excluding carboxylic acids is 1. The second-order valence-electron chi connectivity index (χ2n) is 3.32. The summed E-state index contributed by atoms with van der Waals surface area (Å²) in [4.78, 5) is 11.5. The third-order valence-corrected chi connectivity index (χ3v) is 2.07. The zero-order chi connectivity index (χ0) is 12.7. The zero-order valence-corrected chi connectivity index (χ0v) is 9.86. The minimum atomic E-state index is -0.601. The number of benzene rings is 1. The van der Waals surface area contributed by atoms with Crippen molar-refractivity contribution in [3.05, 3.63) is 41.6 Å². The van der Waals surface area contributed by atoms with E-state index < -0.39 is 5.97 Å². The van der Waals surface area contributed by atoms with Gasteiger partial charge in [-0.3, -0.25) is 0 Å².